The average Bonchev–Trinajstić information content (AvgIpc) is 2.18. The Morgan fingerprint density at radius 3 is 2.05 bits per heavy atom. The van der Waals surface area contributed by atoms with Crippen molar-refractivity contribution in [3.8, 4) is 5.75 Å². The van der Waals surface area contributed by atoms with Crippen LogP contribution in [0.15, 0.2) is 12.1 Å². The van der Waals surface area contributed by atoms with Gasteiger partial charge in [-0.3, -0.25) is 0 Å². The molecule has 1 aromatic carbocycles. The number of rotatable bonds is 3. The van der Waals surface area contributed by atoms with Crippen LogP contribution in [0.4, 0.5) is 13.2 Å². The summed E-state index contributed by atoms with van der Waals surface area (Å²) in [6.45, 7) is 5.38. The normalized spacial score (nSPS) is 13.4. The molecule has 0 aliphatic carbocycles. The predicted molar refractivity (Wildman–Crippen MR) is 75.0 cm³/mol. The van der Waals surface area contributed by atoms with Crippen molar-refractivity contribution in [2.24, 2.45) is 0 Å². The summed E-state index contributed by atoms with van der Waals surface area (Å²) >= 11 is 11.6. The van der Waals surface area contributed by atoms with E-state index in [4.69, 9.17) is 23.2 Å². The maximum atomic E-state index is 12.4. The fraction of sp³-hybridized carbons (Fsp3) is 0.400. The number of benzene rings is 1. The van der Waals surface area contributed by atoms with Gasteiger partial charge in [0.15, 0.2) is 5.75 Å². The second kappa shape index (κ2) is 5.40. The Hall–Kier alpha value is -0.443. The fourth-order valence-corrected chi connectivity index (χ4v) is 4.13. The minimum Gasteiger partial charge on any atom is -0.375 e. The SMILES string of the molecule is C[Si](C)(C)c1cc(Cl)cc(Cl)c1OS(=O)(=O)C(F)(F)F. The summed E-state index contributed by atoms with van der Waals surface area (Å²) in [5.41, 5.74) is -5.52. The van der Waals surface area contributed by atoms with Crippen LogP contribution in [0.5, 0.6) is 5.75 Å². The monoisotopic (exact) mass is 366 g/mol. The number of alkyl halides is 3. The minimum atomic E-state index is -5.77. The fourth-order valence-electron chi connectivity index (χ4n) is 1.36. The van der Waals surface area contributed by atoms with Crippen LogP contribution in [0.3, 0.4) is 0 Å². The molecule has 0 fully saturated rings. The summed E-state index contributed by atoms with van der Waals surface area (Å²) < 4.78 is 63.6. The summed E-state index contributed by atoms with van der Waals surface area (Å²) in [7, 11) is -8.00. The molecule has 1 aromatic rings. The van der Waals surface area contributed by atoms with Gasteiger partial charge < -0.3 is 4.18 Å². The van der Waals surface area contributed by atoms with E-state index in [1.165, 1.54) is 6.07 Å². The molecule has 0 heterocycles. The molecule has 1 rings (SSSR count). The molecule has 0 saturated heterocycles. The van der Waals surface area contributed by atoms with Gasteiger partial charge in [-0.15, -0.1) is 0 Å². The minimum absolute atomic E-state index is 0.198. The Kier molecular flexibility index (Phi) is 4.75. The van der Waals surface area contributed by atoms with Crippen LogP contribution in [0.2, 0.25) is 29.7 Å². The molecule has 0 spiro atoms. The van der Waals surface area contributed by atoms with Gasteiger partial charge in [0.1, 0.15) is 0 Å². The van der Waals surface area contributed by atoms with E-state index >= 15 is 0 Å². The van der Waals surface area contributed by atoms with Gasteiger partial charge in [0.2, 0.25) is 0 Å². The van der Waals surface area contributed by atoms with Crippen LogP contribution in [-0.4, -0.2) is 22.0 Å². The Balaban J connectivity index is 3.47. The zero-order valence-electron chi connectivity index (χ0n) is 10.7. The van der Waals surface area contributed by atoms with Gasteiger partial charge in [-0.05, 0) is 17.3 Å². The van der Waals surface area contributed by atoms with E-state index in [1.54, 1.807) is 19.6 Å². The van der Waals surface area contributed by atoms with E-state index in [-0.39, 0.29) is 10.0 Å². The van der Waals surface area contributed by atoms with Gasteiger partial charge in [-0.2, -0.15) is 21.6 Å². The molecular formula is C10H11Cl2F3O3SSi. The van der Waals surface area contributed by atoms with Gasteiger partial charge >= 0.3 is 15.6 Å². The van der Waals surface area contributed by atoms with Crippen LogP contribution in [-0.2, 0) is 10.1 Å². The maximum absolute atomic E-state index is 12.4. The Labute approximate surface area is 125 Å². The summed E-state index contributed by atoms with van der Waals surface area (Å²) in [4.78, 5) is 0. The molecule has 0 aliphatic heterocycles. The first kappa shape index (κ1) is 17.6. The Bertz CT molecular complexity index is 624. The van der Waals surface area contributed by atoms with Gasteiger partial charge in [0, 0.05) is 5.02 Å². The lowest BCUT2D eigenvalue weighted by molar-refractivity contribution is -0.0499. The first-order valence-electron chi connectivity index (χ1n) is 5.26. The molecule has 0 radical (unpaired) electrons. The van der Waals surface area contributed by atoms with Crippen molar-refractivity contribution in [3.63, 3.8) is 0 Å². The van der Waals surface area contributed by atoms with E-state index in [9.17, 15) is 21.6 Å². The highest BCUT2D eigenvalue weighted by Gasteiger charge is 2.49. The van der Waals surface area contributed by atoms with Gasteiger partial charge in [0.05, 0.1) is 13.1 Å². The third-order valence-electron chi connectivity index (χ3n) is 2.29. The third kappa shape index (κ3) is 3.81. The van der Waals surface area contributed by atoms with E-state index in [0.717, 1.165) is 6.07 Å². The summed E-state index contributed by atoms with van der Waals surface area (Å²) in [6.07, 6.45) is 0. The molecule has 0 unspecified atom stereocenters. The highest BCUT2D eigenvalue weighted by molar-refractivity contribution is 7.88. The van der Waals surface area contributed by atoms with Crippen molar-refractivity contribution in [2.75, 3.05) is 0 Å². The van der Waals surface area contributed by atoms with Crippen LogP contribution < -0.4 is 9.37 Å². The summed E-state index contributed by atoms with van der Waals surface area (Å²) in [6, 6.07) is 2.51. The smallest absolute Gasteiger partial charge is 0.375 e. The van der Waals surface area contributed by atoms with E-state index in [0.29, 0.717) is 5.19 Å². The molecule has 3 nitrogen and oxygen atoms in total. The van der Waals surface area contributed by atoms with E-state index in [1.807, 2.05) is 0 Å². The molecular weight excluding hydrogens is 356 g/mol. The van der Waals surface area contributed by atoms with Crippen molar-refractivity contribution < 1.29 is 25.8 Å². The molecule has 0 aromatic heterocycles. The number of hydrogen-bond acceptors (Lipinski definition) is 3. The zero-order valence-corrected chi connectivity index (χ0v) is 14.0. The largest absolute Gasteiger partial charge is 0.534 e. The maximum Gasteiger partial charge on any atom is 0.534 e. The van der Waals surface area contributed by atoms with Gasteiger partial charge in [0.25, 0.3) is 0 Å². The van der Waals surface area contributed by atoms with Crippen LogP contribution in [0, 0.1) is 0 Å². The molecule has 0 aliphatic rings. The second-order valence-electron chi connectivity index (χ2n) is 5.00. The van der Waals surface area contributed by atoms with E-state index < -0.39 is 29.4 Å². The first-order chi connectivity index (χ1) is 8.75. The molecule has 20 heavy (non-hydrogen) atoms. The van der Waals surface area contributed by atoms with Gasteiger partial charge in [-0.25, -0.2) is 0 Å². The summed E-state index contributed by atoms with van der Waals surface area (Å²) in [5, 5.41) is 0.217. The lowest BCUT2D eigenvalue weighted by Gasteiger charge is -2.22. The molecule has 0 saturated carbocycles. The Morgan fingerprint density at radius 1 is 1.15 bits per heavy atom. The van der Waals surface area contributed by atoms with Crippen molar-refractivity contribution >= 4 is 46.6 Å². The molecule has 114 valence electrons. The highest BCUT2D eigenvalue weighted by Crippen LogP contribution is 2.33. The van der Waals surface area contributed by atoms with Crippen LogP contribution in [0.1, 0.15) is 0 Å². The Morgan fingerprint density at radius 2 is 1.65 bits per heavy atom. The molecule has 0 bridgehead atoms. The standard InChI is InChI=1S/C10H11Cl2F3O3SSi/c1-20(2,3)8-5-6(11)4-7(12)9(8)18-19(16,17)10(13,14)15/h4-5H,1-3H3. The molecule has 0 atom stereocenters. The van der Waals surface area contributed by atoms with E-state index in [2.05, 4.69) is 4.18 Å². The quantitative estimate of drug-likeness (QED) is 0.464. The lowest BCUT2D eigenvalue weighted by Crippen LogP contribution is -2.40. The highest BCUT2D eigenvalue weighted by atomic mass is 35.5. The average molecular weight is 367 g/mol. The van der Waals surface area contributed by atoms with Crippen LogP contribution >= 0.6 is 23.2 Å². The zero-order chi connectivity index (χ0) is 15.9. The van der Waals surface area contributed by atoms with Crippen molar-refractivity contribution in [1.29, 1.82) is 0 Å². The van der Waals surface area contributed by atoms with Crippen LogP contribution in [0.25, 0.3) is 0 Å². The van der Waals surface area contributed by atoms with Gasteiger partial charge in [-0.1, -0.05) is 42.8 Å². The summed E-state index contributed by atoms with van der Waals surface area (Å²) in [5.74, 6) is -0.507. The lowest BCUT2D eigenvalue weighted by atomic mass is 10.3. The van der Waals surface area contributed by atoms with Crippen molar-refractivity contribution in [3.05, 3.63) is 22.2 Å². The third-order valence-corrected chi connectivity index (χ3v) is 5.73. The molecule has 0 N–H and O–H groups in total. The van der Waals surface area contributed by atoms with Crippen molar-refractivity contribution in [1.82, 2.24) is 0 Å². The first-order valence-corrected chi connectivity index (χ1v) is 10.9. The number of hydrogen-bond donors (Lipinski definition) is 0. The predicted octanol–water partition coefficient (Wildman–Crippen LogP) is 3.77. The molecule has 10 heteroatoms. The second-order valence-corrected chi connectivity index (χ2v) is 12.4. The topological polar surface area (TPSA) is 43.4 Å². The molecule has 0 amide bonds. The number of halogens is 5. The van der Waals surface area contributed by atoms with Crippen molar-refractivity contribution in [2.45, 2.75) is 25.1 Å².